The van der Waals surface area contributed by atoms with Crippen molar-refractivity contribution in [2.75, 3.05) is 19.7 Å². The summed E-state index contributed by atoms with van der Waals surface area (Å²) in [4.78, 5) is 2.36. The van der Waals surface area contributed by atoms with E-state index in [2.05, 4.69) is 23.7 Å². The first-order chi connectivity index (χ1) is 6.29. The van der Waals surface area contributed by atoms with E-state index in [9.17, 15) is 5.11 Å². The van der Waals surface area contributed by atoms with Gasteiger partial charge in [-0.15, -0.1) is 11.8 Å². The highest BCUT2D eigenvalue weighted by Gasteiger charge is 2.29. The second-order valence-electron chi connectivity index (χ2n) is 3.73. The fourth-order valence-corrected chi connectivity index (χ4v) is 1.99. The SMILES string of the molecule is CC#CCCN1CCC(C)C1CO. The number of hydrogen-bond donors (Lipinski definition) is 1. The molecule has 1 aliphatic rings. The summed E-state index contributed by atoms with van der Waals surface area (Å²) in [7, 11) is 0. The molecule has 13 heavy (non-hydrogen) atoms. The van der Waals surface area contributed by atoms with Gasteiger partial charge >= 0.3 is 0 Å². The lowest BCUT2D eigenvalue weighted by Crippen LogP contribution is -2.35. The van der Waals surface area contributed by atoms with E-state index in [0.717, 1.165) is 19.5 Å². The number of hydrogen-bond acceptors (Lipinski definition) is 2. The van der Waals surface area contributed by atoms with Gasteiger partial charge in [0.05, 0.1) is 6.61 Å². The van der Waals surface area contributed by atoms with Gasteiger partial charge < -0.3 is 5.11 Å². The molecule has 1 aliphatic heterocycles. The molecule has 0 amide bonds. The Morgan fingerprint density at radius 2 is 2.31 bits per heavy atom. The van der Waals surface area contributed by atoms with Crippen molar-refractivity contribution in [2.24, 2.45) is 5.92 Å². The minimum Gasteiger partial charge on any atom is -0.395 e. The number of aliphatic hydroxyl groups is 1. The monoisotopic (exact) mass is 181 g/mol. The highest BCUT2D eigenvalue weighted by molar-refractivity contribution is 4.96. The van der Waals surface area contributed by atoms with Gasteiger partial charge in [-0.1, -0.05) is 6.92 Å². The molecule has 1 rings (SSSR count). The smallest absolute Gasteiger partial charge is 0.0589 e. The standard InChI is InChI=1S/C11H19NO/c1-3-4-5-7-12-8-6-10(2)11(12)9-13/h10-11,13H,5-9H2,1-2H3. The lowest BCUT2D eigenvalue weighted by Gasteiger charge is -2.23. The van der Waals surface area contributed by atoms with Gasteiger partial charge in [-0.3, -0.25) is 4.90 Å². The lowest BCUT2D eigenvalue weighted by molar-refractivity contribution is 0.141. The largest absolute Gasteiger partial charge is 0.395 e. The van der Waals surface area contributed by atoms with Crippen LogP contribution in [0.2, 0.25) is 0 Å². The minimum atomic E-state index is 0.292. The molecule has 2 unspecified atom stereocenters. The zero-order valence-corrected chi connectivity index (χ0v) is 8.58. The van der Waals surface area contributed by atoms with Gasteiger partial charge in [0.1, 0.15) is 0 Å². The Morgan fingerprint density at radius 3 is 2.92 bits per heavy atom. The first-order valence-electron chi connectivity index (χ1n) is 5.04. The van der Waals surface area contributed by atoms with Crippen molar-refractivity contribution in [3.05, 3.63) is 0 Å². The molecule has 0 aliphatic carbocycles. The van der Waals surface area contributed by atoms with Crippen molar-refractivity contribution in [3.63, 3.8) is 0 Å². The molecule has 2 atom stereocenters. The van der Waals surface area contributed by atoms with E-state index in [0.29, 0.717) is 18.6 Å². The zero-order valence-electron chi connectivity index (χ0n) is 8.58. The maximum absolute atomic E-state index is 9.19. The third-order valence-electron chi connectivity index (χ3n) is 2.89. The van der Waals surface area contributed by atoms with Gasteiger partial charge in [-0.25, -0.2) is 0 Å². The first-order valence-corrected chi connectivity index (χ1v) is 5.04. The number of aliphatic hydroxyl groups excluding tert-OH is 1. The predicted octanol–water partition coefficient (Wildman–Crippen LogP) is 1.10. The fourth-order valence-electron chi connectivity index (χ4n) is 1.99. The van der Waals surface area contributed by atoms with Gasteiger partial charge in [-0.05, 0) is 25.8 Å². The Bertz CT molecular complexity index is 204. The Hall–Kier alpha value is -0.520. The van der Waals surface area contributed by atoms with Gasteiger partial charge in [0.15, 0.2) is 0 Å². The Balaban J connectivity index is 2.35. The van der Waals surface area contributed by atoms with Gasteiger partial charge in [0, 0.05) is 19.0 Å². The molecule has 0 radical (unpaired) electrons. The molecule has 2 heteroatoms. The van der Waals surface area contributed by atoms with Crippen LogP contribution in [0, 0.1) is 17.8 Å². The summed E-state index contributed by atoms with van der Waals surface area (Å²) < 4.78 is 0. The van der Waals surface area contributed by atoms with Crippen LogP contribution in [0.15, 0.2) is 0 Å². The van der Waals surface area contributed by atoms with Gasteiger partial charge in [0.25, 0.3) is 0 Å². The van der Waals surface area contributed by atoms with Crippen molar-refractivity contribution < 1.29 is 5.11 Å². The molecule has 1 N–H and O–H groups in total. The van der Waals surface area contributed by atoms with Crippen LogP contribution < -0.4 is 0 Å². The number of likely N-dealkylation sites (tertiary alicyclic amines) is 1. The fraction of sp³-hybridized carbons (Fsp3) is 0.818. The summed E-state index contributed by atoms with van der Waals surface area (Å²) in [5.41, 5.74) is 0. The maximum Gasteiger partial charge on any atom is 0.0589 e. The van der Waals surface area contributed by atoms with Crippen LogP contribution in [0.3, 0.4) is 0 Å². The molecule has 1 fully saturated rings. The summed E-state index contributed by atoms with van der Waals surface area (Å²) >= 11 is 0. The maximum atomic E-state index is 9.19. The molecule has 0 saturated carbocycles. The molecule has 0 aromatic carbocycles. The van der Waals surface area contributed by atoms with Crippen molar-refractivity contribution >= 4 is 0 Å². The molecule has 0 spiro atoms. The molecule has 0 aromatic rings. The average molecular weight is 181 g/mol. The Kier molecular flexibility index (Phi) is 4.27. The van der Waals surface area contributed by atoms with E-state index in [1.807, 2.05) is 6.92 Å². The quantitative estimate of drug-likeness (QED) is 0.659. The van der Waals surface area contributed by atoms with Crippen LogP contribution in [0.1, 0.15) is 26.7 Å². The lowest BCUT2D eigenvalue weighted by atomic mass is 10.0. The second kappa shape index (κ2) is 5.26. The normalized spacial score (nSPS) is 28.5. The molecule has 1 saturated heterocycles. The topological polar surface area (TPSA) is 23.5 Å². The van der Waals surface area contributed by atoms with Crippen LogP contribution in [0.5, 0.6) is 0 Å². The van der Waals surface area contributed by atoms with Crippen molar-refractivity contribution in [1.29, 1.82) is 0 Å². The predicted molar refractivity (Wildman–Crippen MR) is 54.3 cm³/mol. The highest BCUT2D eigenvalue weighted by Crippen LogP contribution is 2.23. The second-order valence-corrected chi connectivity index (χ2v) is 3.73. The van der Waals surface area contributed by atoms with Crippen LogP contribution >= 0.6 is 0 Å². The third-order valence-corrected chi connectivity index (χ3v) is 2.89. The van der Waals surface area contributed by atoms with E-state index >= 15 is 0 Å². The number of nitrogens with zero attached hydrogens (tertiary/aromatic N) is 1. The van der Waals surface area contributed by atoms with Crippen LogP contribution in [-0.2, 0) is 0 Å². The van der Waals surface area contributed by atoms with E-state index in [1.165, 1.54) is 6.42 Å². The van der Waals surface area contributed by atoms with Crippen molar-refractivity contribution in [3.8, 4) is 11.8 Å². The van der Waals surface area contributed by atoms with E-state index in [-0.39, 0.29) is 0 Å². The van der Waals surface area contributed by atoms with Gasteiger partial charge in [0.2, 0.25) is 0 Å². The number of rotatable bonds is 3. The van der Waals surface area contributed by atoms with Crippen LogP contribution in [0.4, 0.5) is 0 Å². The summed E-state index contributed by atoms with van der Waals surface area (Å²) in [5.74, 6) is 6.60. The molecule has 74 valence electrons. The molecule has 1 heterocycles. The molecule has 0 bridgehead atoms. The molecule has 0 aromatic heterocycles. The first kappa shape index (κ1) is 10.6. The third kappa shape index (κ3) is 2.72. The summed E-state index contributed by atoms with van der Waals surface area (Å²) in [6, 6.07) is 0.374. The molecule has 2 nitrogen and oxygen atoms in total. The highest BCUT2D eigenvalue weighted by atomic mass is 16.3. The summed E-state index contributed by atoms with van der Waals surface area (Å²) in [6.07, 6.45) is 2.14. The molecular formula is C11H19NO. The average Bonchev–Trinajstić information content (AvgIpc) is 2.47. The Morgan fingerprint density at radius 1 is 1.54 bits per heavy atom. The zero-order chi connectivity index (χ0) is 9.68. The summed E-state index contributed by atoms with van der Waals surface area (Å²) in [6.45, 7) is 6.51. The van der Waals surface area contributed by atoms with E-state index < -0.39 is 0 Å². The van der Waals surface area contributed by atoms with Crippen molar-refractivity contribution in [1.82, 2.24) is 4.90 Å². The van der Waals surface area contributed by atoms with Gasteiger partial charge in [-0.2, -0.15) is 0 Å². The van der Waals surface area contributed by atoms with Crippen molar-refractivity contribution in [2.45, 2.75) is 32.7 Å². The van der Waals surface area contributed by atoms with Crippen LogP contribution in [0.25, 0.3) is 0 Å². The minimum absolute atomic E-state index is 0.292. The Labute approximate surface area is 80.9 Å². The van der Waals surface area contributed by atoms with E-state index in [4.69, 9.17) is 0 Å². The molecular weight excluding hydrogens is 162 g/mol. The summed E-state index contributed by atoms with van der Waals surface area (Å²) in [5, 5.41) is 9.19. The van der Waals surface area contributed by atoms with Crippen LogP contribution in [-0.4, -0.2) is 35.7 Å². The van der Waals surface area contributed by atoms with E-state index in [1.54, 1.807) is 0 Å².